The number of halogens is 1. The lowest BCUT2D eigenvalue weighted by atomic mass is 9.90. The Kier molecular flexibility index (Phi) is 6.04. The predicted molar refractivity (Wildman–Crippen MR) is 120 cm³/mol. The first-order chi connectivity index (χ1) is 14.4. The summed E-state index contributed by atoms with van der Waals surface area (Å²) in [5.41, 5.74) is 0.581. The molecule has 0 amide bonds. The Morgan fingerprint density at radius 2 is 1.87 bits per heavy atom. The van der Waals surface area contributed by atoms with E-state index in [0.29, 0.717) is 11.3 Å². The van der Waals surface area contributed by atoms with Gasteiger partial charge < -0.3 is 10.1 Å². The molecule has 9 heteroatoms. The van der Waals surface area contributed by atoms with Crippen molar-refractivity contribution in [2.75, 3.05) is 13.6 Å². The van der Waals surface area contributed by atoms with Crippen LogP contribution in [0.25, 0.3) is 0 Å². The highest BCUT2D eigenvalue weighted by molar-refractivity contribution is 8.24. The van der Waals surface area contributed by atoms with Crippen molar-refractivity contribution in [1.29, 1.82) is 10.7 Å². The second-order valence-electron chi connectivity index (χ2n) is 8.39. The number of nitriles is 1. The third-order valence-electron chi connectivity index (χ3n) is 5.68. The Hall–Kier alpha value is -2.64. The van der Waals surface area contributed by atoms with Gasteiger partial charge in [0.05, 0.1) is 17.2 Å². The van der Waals surface area contributed by atoms with Gasteiger partial charge >= 0.3 is 0 Å². The van der Waals surface area contributed by atoms with E-state index in [1.54, 1.807) is 58.2 Å². The van der Waals surface area contributed by atoms with Gasteiger partial charge in [-0.05, 0) is 56.7 Å². The van der Waals surface area contributed by atoms with E-state index in [1.165, 1.54) is 16.4 Å². The molecular formula is C22H27FN4O3S. The molecule has 0 aliphatic carbocycles. The molecule has 2 aromatic carbocycles. The summed E-state index contributed by atoms with van der Waals surface area (Å²) in [6.07, 6.45) is 0. The second-order valence-corrected chi connectivity index (χ2v) is 11.1. The molecule has 1 heterocycles. The number of amidine groups is 1. The van der Waals surface area contributed by atoms with E-state index in [1.807, 2.05) is 0 Å². The largest absolute Gasteiger partial charge is 0.489 e. The molecule has 0 unspecified atom stereocenters. The lowest BCUT2D eigenvalue weighted by molar-refractivity contribution is 0.292. The van der Waals surface area contributed by atoms with Crippen molar-refractivity contribution in [3.05, 3.63) is 65.0 Å². The summed E-state index contributed by atoms with van der Waals surface area (Å²) in [5, 5.41) is 20.3. The highest BCUT2D eigenvalue weighted by Crippen LogP contribution is 2.57. The molecule has 7 nitrogen and oxygen atoms in total. The normalized spacial score (nSPS) is 23.9. The van der Waals surface area contributed by atoms with Crippen molar-refractivity contribution in [1.82, 2.24) is 9.62 Å². The molecule has 1 aliphatic rings. The van der Waals surface area contributed by atoms with Crippen LogP contribution in [0.15, 0.2) is 42.5 Å². The second kappa shape index (κ2) is 8.13. The van der Waals surface area contributed by atoms with Gasteiger partial charge in [-0.25, -0.2) is 8.70 Å². The number of hydrogen-bond donors (Lipinski definition) is 4. The standard InChI is InChI=1S/C22H27FN4O3S/c1-21(2)20(25)26-22(3,14-27(4)31(21,28)29)18-11-17(9-10-19(18)23)30-13-16-7-5-15(12-24)6-8-16/h5-11,28-29H,13-14H2,1-4H3,(H2,25,26)/t22-/m0/s1. The molecule has 0 spiro atoms. The Morgan fingerprint density at radius 3 is 2.48 bits per heavy atom. The van der Waals surface area contributed by atoms with Crippen LogP contribution in [0.1, 0.15) is 37.5 Å². The van der Waals surface area contributed by atoms with Crippen LogP contribution in [0.2, 0.25) is 0 Å². The maximum Gasteiger partial charge on any atom is 0.129 e. The lowest BCUT2D eigenvalue weighted by Gasteiger charge is -2.49. The number of likely N-dealkylation sites (N-methyl/N-ethyl adjacent to an activating group) is 1. The van der Waals surface area contributed by atoms with Crippen LogP contribution in [0.3, 0.4) is 0 Å². The van der Waals surface area contributed by atoms with Gasteiger partial charge in [0.15, 0.2) is 0 Å². The van der Waals surface area contributed by atoms with Crippen molar-refractivity contribution in [2.45, 2.75) is 37.7 Å². The van der Waals surface area contributed by atoms with E-state index in [2.05, 4.69) is 11.4 Å². The minimum absolute atomic E-state index is 0.0666. The van der Waals surface area contributed by atoms with Gasteiger partial charge in [0, 0.05) is 19.2 Å². The maximum atomic E-state index is 14.9. The minimum Gasteiger partial charge on any atom is -0.489 e. The summed E-state index contributed by atoms with van der Waals surface area (Å²) in [6.45, 7) is 5.18. The SMILES string of the molecule is CN1C[C@@](C)(c2cc(OCc3ccc(C#N)cc3)ccc2F)NC(=N)C(C)(C)S1(O)O. The highest BCUT2D eigenvalue weighted by Gasteiger charge is 2.49. The summed E-state index contributed by atoms with van der Waals surface area (Å²) in [4.78, 5) is 0. The maximum absolute atomic E-state index is 14.9. The minimum atomic E-state index is -3.31. The average molecular weight is 447 g/mol. The van der Waals surface area contributed by atoms with Gasteiger partial charge in [0.2, 0.25) is 0 Å². The number of ether oxygens (including phenoxy) is 1. The molecular weight excluding hydrogens is 419 g/mol. The zero-order valence-corrected chi connectivity index (χ0v) is 18.8. The van der Waals surface area contributed by atoms with E-state index in [-0.39, 0.29) is 24.6 Å². The molecule has 1 saturated heterocycles. The summed E-state index contributed by atoms with van der Waals surface area (Å²) >= 11 is 0. The van der Waals surface area contributed by atoms with Crippen LogP contribution in [0.4, 0.5) is 4.39 Å². The zero-order valence-electron chi connectivity index (χ0n) is 17.9. The first-order valence-electron chi connectivity index (χ1n) is 9.69. The smallest absolute Gasteiger partial charge is 0.129 e. The van der Waals surface area contributed by atoms with Gasteiger partial charge in [-0.3, -0.25) is 14.5 Å². The number of rotatable bonds is 4. The van der Waals surface area contributed by atoms with Crippen molar-refractivity contribution >= 4 is 16.6 Å². The van der Waals surface area contributed by atoms with E-state index in [9.17, 15) is 13.5 Å². The van der Waals surface area contributed by atoms with Crippen molar-refractivity contribution in [3.63, 3.8) is 0 Å². The summed E-state index contributed by atoms with van der Waals surface area (Å²) in [6, 6.07) is 13.4. The van der Waals surface area contributed by atoms with Crippen molar-refractivity contribution in [3.8, 4) is 11.8 Å². The molecule has 0 saturated carbocycles. The third-order valence-corrected chi connectivity index (χ3v) is 8.25. The van der Waals surface area contributed by atoms with Crippen LogP contribution in [-0.4, -0.2) is 37.6 Å². The third kappa shape index (κ3) is 4.25. The monoisotopic (exact) mass is 446 g/mol. The first-order valence-corrected chi connectivity index (χ1v) is 11.2. The molecule has 1 fully saturated rings. The quantitative estimate of drug-likeness (QED) is 0.552. The van der Waals surface area contributed by atoms with Crippen molar-refractivity contribution in [2.24, 2.45) is 0 Å². The Morgan fingerprint density at radius 1 is 1.23 bits per heavy atom. The number of benzene rings is 2. The molecule has 3 rings (SSSR count). The number of nitrogens with zero attached hydrogens (tertiary/aromatic N) is 2. The average Bonchev–Trinajstić information content (AvgIpc) is 2.76. The van der Waals surface area contributed by atoms with Gasteiger partial charge in [0.1, 0.15) is 28.8 Å². The Labute approximate surface area is 183 Å². The van der Waals surface area contributed by atoms with Gasteiger partial charge in [-0.1, -0.05) is 12.1 Å². The van der Waals surface area contributed by atoms with E-state index >= 15 is 0 Å². The molecule has 4 N–H and O–H groups in total. The van der Waals surface area contributed by atoms with Crippen molar-refractivity contribution < 1.29 is 18.2 Å². The Bertz CT molecular complexity index is 1040. The van der Waals surface area contributed by atoms with Crippen LogP contribution < -0.4 is 10.1 Å². The molecule has 1 aliphatic heterocycles. The topological polar surface area (TPSA) is 113 Å². The molecule has 0 aromatic heterocycles. The molecule has 0 bridgehead atoms. The molecule has 166 valence electrons. The van der Waals surface area contributed by atoms with Crippen LogP contribution in [-0.2, 0) is 12.1 Å². The molecule has 2 aromatic rings. The zero-order chi connectivity index (χ0) is 23.0. The van der Waals surface area contributed by atoms with E-state index < -0.39 is 26.9 Å². The first kappa shape index (κ1) is 23.0. The number of hydrogen-bond acceptors (Lipinski definition) is 6. The fourth-order valence-corrected chi connectivity index (χ4v) is 5.08. The van der Waals surface area contributed by atoms with Gasteiger partial charge in [0.25, 0.3) is 0 Å². The van der Waals surface area contributed by atoms with Gasteiger partial charge in [-0.15, -0.1) is 10.8 Å². The van der Waals surface area contributed by atoms with Crippen LogP contribution >= 0.6 is 10.8 Å². The Balaban J connectivity index is 1.89. The molecule has 31 heavy (non-hydrogen) atoms. The highest BCUT2D eigenvalue weighted by atomic mass is 32.3. The summed E-state index contributed by atoms with van der Waals surface area (Å²) < 4.78 is 42.3. The van der Waals surface area contributed by atoms with E-state index in [0.717, 1.165) is 5.56 Å². The van der Waals surface area contributed by atoms with E-state index in [4.69, 9.17) is 15.4 Å². The molecule has 0 radical (unpaired) electrons. The predicted octanol–water partition coefficient (Wildman–Crippen LogP) is 4.45. The van der Waals surface area contributed by atoms with Crippen LogP contribution in [0, 0.1) is 22.6 Å². The fourth-order valence-electron chi connectivity index (χ4n) is 3.54. The lowest BCUT2D eigenvalue weighted by Crippen LogP contribution is -2.51. The summed E-state index contributed by atoms with van der Waals surface area (Å²) in [7, 11) is -1.76. The van der Waals surface area contributed by atoms with Crippen LogP contribution in [0.5, 0.6) is 5.75 Å². The molecule has 1 atom stereocenters. The fraction of sp³-hybridized carbons (Fsp3) is 0.364. The number of nitrogens with one attached hydrogen (secondary N) is 2. The summed E-state index contributed by atoms with van der Waals surface area (Å²) in [5.74, 6) is -0.131. The van der Waals surface area contributed by atoms with Gasteiger partial charge in [-0.2, -0.15) is 5.26 Å².